The SMILES string of the molecule is CNC(=O)C1(C)CCN(c2ncc(C(=O)O)cn2)C1. The van der Waals surface area contributed by atoms with Gasteiger partial charge in [-0.05, 0) is 13.3 Å². The molecule has 1 aliphatic heterocycles. The molecule has 2 rings (SSSR count). The fourth-order valence-electron chi connectivity index (χ4n) is 2.21. The molecule has 0 aromatic carbocycles. The van der Waals surface area contributed by atoms with Crippen molar-refractivity contribution in [3.63, 3.8) is 0 Å². The third-order valence-corrected chi connectivity index (χ3v) is 3.42. The maximum Gasteiger partial charge on any atom is 0.338 e. The number of carbonyl (C=O) groups excluding carboxylic acids is 1. The number of anilines is 1. The van der Waals surface area contributed by atoms with Crippen LogP contribution in [0.5, 0.6) is 0 Å². The highest BCUT2D eigenvalue weighted by atomic mass is 16.4. The smallest absolute Gasteiger partial charge is 0.338 e. The van der Waals surface area contributed by atoms with Gasteiger partial charge in [-0.25, -0.2) is 14.8 Å². The lowest BCUT2D eigenvalue weighted by Crippen LogP contribution is -2.39. The number of carboxylic acids is 1. The molecule has 0 radical (unpaired) electrons. The van der Waals surface area contributed by atoms with Gasteiger partial charge in [-0.1, -0.05) is 0 Å². The first-order chi connectivity index (χ1) is 8.96. The molecule has 2 heterocycles. The Kier molecular flexibility index (Phi) is 3.37. The summed E-state index contributed by atoms with van der Waals surface area (Å²) in [6.45, 7) is 3.10. The number of aromatic nitrogens is 2. The number of hydrogen-bond acceptors (Lipinski definition) is 5. The summed E-state index contributed by atoms with van der Waals surface area (Å²) in [6, 6.07) is 0. The molecule has 19 heavy (non-hydrogen) atoms. The van der Waals surface area contributed by atoms with Crippen molar-refractivity contribution < 1.29 is 14.7 Å². The van der Waals surface area contributed by atoms with Gasteiger partial charge in [-0.15, -0.1) is 0 Å². The minimum Gasteiger partial charge on any atom is -0.478 e. The molecule has 1 amide bonds. The summed E-state index contributed by atoms with van der Waals surface area (Å²) < 4.78 is 0. The van der Waals surface area contributed by atoms with E-state index in [0.29, 0.717) is 19.0 Å². The van der Waals surface area contributed by atoms with E-state index in [1.54, 1.807) is 7.05 Å². The minimum atomic E-state index is -1.05. The predicted octanol–water partition coefficient (Wildman–Crippen LogP) is 0.137. The molecule has 0 bridgehead atoms. The van der Waals surface area contributed by atoms with Crippen molar-refractivity contribution >= 4 is 17.8 Å². The molecule has 0 spiro atoms. The zero-order chi connectivity index (χ0) is 14.0. The standard InChI is InChI=1S/C12H16N4O3/c1-12(10(19)13-2)3-4-16(7-12)11-14-5-8(6-15-11)9(17)18/h5-6H,3-4,7H2,1-2H3,(H,13,19)(H,17,18). The number of carboxylic acid groups (broad SMARTS) is 1. The van der Waals surface area contributed by atoms with Crippen LogP contribution in [0.2, 0.25) is 0 Å². The third kappa shape index (κ3) is 2.49. The summed E-state index contributed by atoms with van der Waals surface area (Å²) >= 11 is 0. The normalized spacial score (nSPS) is 22.3. The van der Waals surface area contributed by atoms with Crippen LogP contribution in [-0.4, -0.2) is 47.1 Å². The maximum atomic E-state index is 11.8. The van der Waals surface area contributed by atoms with Crippen LogP contribution in [0.1, 0.15) is 23.7 Å². The van der Waals surface area contributed by atoms with Crippen LogP contribution in [-0.2, 0) is 4.79 Å². The van der Waals surface area contributed by atoms with Crippen molar-refractivity contribution in [1.29, 1.82) is 0 Å². The van der Waals surface area contributed by atoms with E-state index in [1.165, 1.54) is 12.4 Å². The molecule has 1 atom stereocenters. The molecule has 7 nitrogen and oxygen atoms in total. The van der Waals surface area contributed by atoms with Crippen LogP contribution >= 0.6 is 0 Å². The van der Waals surface area contributed by atoms with Gasteiger partial charge >= 0.3 is 5.97 Å². The number of nitrogens with one attached hydrogen (secondary N) is 1. The summed E-state index contributed by atoms with van der Waals surface area (Å²) in [4.78, 5) is 32.5. The first-order valence-corrected chi connectivity index (χ1v) is 5.99. The molecule has 1 aromatic heterocycles. The third-order valence-electron chi connectivity index (χ3n) is 3.42. The van der Waals surface area contributed by atoms with Gasteiger partial charge in [0.05, 0.1) is 11.0 Å². The largest absolute Gasteiger partial charge is 0.478 e. The Bertz CT molecular complexity index is 502. The van der Waals surface area contributed by atoms with Crippen molar-refractivity contribution in [2.24, 2.45) is 5.41 Å². The number of aromatic carboxylic acids is 1. The molecule has 1 saturated heterocycles. The van der Waals surface area contributed by atoms with E-state index >= 15 is 0 Å². The number of carbonyl (C=O) groups is 2. The molecular formula is C12H16N4O3. The molecule has 0 saturated carbocycles. The molecule has 2 N–H and O–H groups in total. The highest BCUT2D eigenvalue weighted by molar-refractivity contribution is 5.87. The molecule has 102 valence electrons. The second-order valence-corrected chi connectivity index (χ2v) is 4.89. The quantitative estimate of drug-likeness (QED) is 0.806. The van der Waals surface area contributed by atoms with E-state index < -0.39 is 11.4 Å². The molecule has 1 aliphatic rings. The summed E-state index contributed by atoms with van der Waals surface area (Å²) in [5.41, 5.74) is -0.402. The Labute approximate surface area is 110 Å². The van der Waals surface area contributed by atoms with Crippen molar-refractivity contribution in [3.8, 4) is 0 Å². The van der Waals surface area contributed by atoms with Gasteiger partial charge in [0.25, 0.3) is 0 Å². The summed E-state index contributed by atoms with van der Waals surface area (Å²) in [6.07, 6.45) is 3.27. The van der Waals surface area contributed by atoms with Crippen molar-refractivity contribution in [2.45, 2.75) is 13.3 Å². The lowest BCUT2D eigenvalue weighted by atomic mass is 9.89. The number of nitrogens with zero attached hydrogens (tertiary/aromatic N) is 3. The Hall–Kier alpha value is -2.18. The number of rotatable bonds is 3. The Morgan fingerprint density at radius 3 is 2.58 bits per heavy atom. The number of amides is 1. The highest BCUT2D eigenvalue weighted by Gasteiger charge is 2.40. The van der Waals surface area contributed by atoms with Gasteiger partial charge in [-0.3, -0.25) is 4.79 Å². The highest BCUT2D eigenvalue weighted by Crippen LogP contribution is 2.31. The molecule has 0 aliphatic carbocycles. The fraction of sp³-hybridized carbons (Fsp3) is 0.500. The van der Waals surface area contributed by atoms with E-state index in [-0.39, 0.29) is 11.5 Å². The van der Waals surface area contributed by atoms with E-state index in [1.807, 2.05) is 11.8 Å². The van der Waals surface area contributed by atoms with Crippen LogP contribution in [0.15, 0.2) is 12.4 Å². The molecule has 1 unspecified atom stereocenters. The van der Waals surface area contributed by atoms with E-state index in [4.69, 9.17) is 5.11 Å². The molecular weight excluding hydrogens is 248 g/mol. The fourth-order valence-corrected chi connectivity index (χ4v) is 2.21. The molecule has 1 fully saturated rings. The van der Waals surface area contributed by atoms with E-state index in [2.05, 4.69) is 15.3 Å². The second-order valence-electron chi connectivity index (χ2n) is 4.89. The Balaban J connectivity index is 2.12. The number of hydrogen-bond donors (Lipinski definition) is 2. The van der Waals surface area contributed by atoms with Crippen LogP contribution in [0, 0.1) is 5.41 Å². The van der Waals surface area contributed by atoms with Gasteiger partial charge in [0, 0.05) is 32.5 Å². The Morgan fingerprint density at radius 1 is 1.42 bits per heavy atom. The van der Waals surface area contributed by atoms with Crippen LogP contribution in [0.25, 0.3) is 0 Å². The molecule has 1 aromatic rings. The lowest BCUT2D eigenvalue weighted by Gasteiger charge is -2.22. The van der Waals surface area contributed by atoms with E-state index in [9.17, 15) is 9.59 Å². The molecule has 7 heteroatoms. The minimum absolute atomic E-state index is 0.00263. The second kappa shape index (κ2) is 4.83. The first-order valence-electron chi connectivity index (χ1n) is 5.99. The summed E-state index contributed by atoms with van der Waals surface area (Å²) in [5.74, 6) is -0.599. The first kappa shape index (κ1) is 13.3. The van der Waals surface area contributed by atoms with Crippen LogP contribution < -0.4 is 10.2 Å². The van der Waals surface area contributed by atoms with Gasteiger partial charge < -0.3 is 15.3 Å². The lowest BCUT2D eigenvalue weighted by molar-refractivity contribution is -0.128. The van der Waals surface area contributed by atoms with Gasteiger partial charge in [0.1, 0.15) is 0 Å². The van der Waals surface area contributed by atoms with Gasteiger partial charge in [-0.2, -0.15) is 0 Å². The van der Waals surface area contributed by atoms with Crippen LogP contribution in [0.4, 0.5) is 5.95 Å². The average Bonchev–Trinajstić information content (AvgIpc) is 2.82. The topological polar surface area (TPSA) is 95.4 Å². The average molecular weight is 264 g/mol. The van der Waals surface area contributed by atoms with E-state index in [0.717, 1.165) is 6.42 Å². The summed E-state index contributed by atoms with van der Waals surface area (Å²) in [5, 5.41) is 11.4. The monoisotopic (exact) mass is 264 g/mol. The maximum absolute atomic E-state index is 11.8. The van der Waals surface area contributed by atoms with Gasteiger partial charge in [0.2, 0.25) is 11.9 Å². The zero-order valence-corrected chi connectivity index (χ0v) is 10.9. The zero-order valence-electron chi connectivity index (χ0n) is 10.9. The summed E-state index contributed by atoms with van der Waals surface area (Å²) in [7, 11) is 1.62. The predicted molar refractivity (Wildman–Crippen MR) is 68.0 cm³/mol. The van der Waals surface area contributed by atoms with Crippen molar-refractivity contribution in [3.05, 3.63) is 18.0 Å². The Morgan fingerprint density at radius 2 is 2.05 bits per heavy atom. The van der Waals surface area contributed by atoms with Crippen molar-refractivity contribution in [1.82, 2.24) is 15.3 Å². The van der Waals surface area contributed by atoms with Crippen molar-refractivity contribution in [2.75, 3.05) is 25.0 Å². The van der Waals surface area contributed by atoms with Crippen LogP contribution in [0.3, 0.4) is 0 Å². The van der Waals surface area contributed by atoms with Gasteiger partial charge in [0.15, 0.2) is 0 Å².